The van der Waals surface area contributed by atoms with Crippen molar-refractivity contribution in [3.63, 3.8) is 0 Å². The van der Waals surface area contributed by atoms with E-state index in [1.54, 1.807) is 36.9 Å². The van der Waals surface area contributed by atoms with Gasteiger partial charge >= 0.3 is 5.63 Å². The van der Waals surface area contributed by atoms with Gasteiger partial charge in [0.25, 0.3) is 5.91 Å². The average Bonchev–Trinajstić information content (AvgIpc) is 2.43. The molecule has 120 valence electrons. The molecule has 0 bridgehead atoms. The first-order valence-corrected chi connectivity index (χ1v) is 7.26. The molecule has 1 aromatic heterocycles. The summed E-state index contributed by atoms with van der Waals surface area (Å²) < 4.78 is 24.0. The molecular formula is C17H16FNO4. The Morgan fingerprint density at radius 2 is 2.00 bits per heavy atom. The minimum Gasteiger partial charge on any atom is -0.486 e. The Kier molecular flexibility index (Phi) is 3.90. The molecule has 0 atom stereocenters. The first kappa shape index (κ1) is 15.3. The predicted molar refractivity (Wildman–Crippen MR) is 81.2 cm³/mol. The van der Waals surface area contributed by atoms with E-state index in [0.29, 0.717) is 35.7 Å². The van der Waals surface area contributed by atoms with Crippen molar-refractivity contribution in [2.75, 3.05) is 13.1 Å². The van der Waals surface area contributed by atoms with Crippen molar-refractivity contribution in [1.82, 2.24) is 4.90 Å². The molecule has 1 aliphatic rings. The van der Waals surface area contributed by atoms with Gasteiger partial charge in [0.1, 0.15) is 23.4 Å². The third kappa shape index (κ3) is 3.26. The Bertz CT molecular complexity index is 808. The van der Waals surface area contributed by atoms with E-state index in [-0.39, 0.29) is 12.0 Å². The molecule has 2 aromatic rings. The zero-order valence-electron chi connectivity index (χ0n) is 12.8. The molecule has 6 heteroatoms. The van der Waals surface area contributed by atoms with E-state index in [1.165, 1.54) is 12.1 Å². The summed E-state index contributed by atoms with van der Waals surface area (Å²) in [5, 5.41) is 0. The van der Waals surface area contributed by atoms with Gasteiger partial charge in [0.05, 0.1) is 19.2 Å². The first-order valence-electron chi connectivity index (χ1n) is 7.26. The van der Waals surface area contributed by atoms with Crippen molar-refractivity contribution in [2.24, 2.45) is 0 Å². The summed E-state index contributed by atoms with van der Waals surface area (Å²) >= 11 is 0. The number of aryl methyl sites for hydroxylation is 2. The van der Waals surface area contributed by atoms with Crippen LogP contribution in [0.1, 0.15) is 21.7 Å². The molecule has 0 unspecified atom stereocenters. The van der Waals surface area contributed by atoms with Crippen molar-refractivity contribution in [3.8, 4) is 5.75 Å². The van der Waals surface area contributed by atoms with Gasteiger partial charge in [0, 0.05) is 11.6 Å². The lowest BCUT2D eigenvalue weighted by Gasteiger charge is -2.39. The fourth-order valence-electron chi connectivity index (χ4n) is 2.42. The SMILES string of the molecule is Cc1cc(OC2CN(C(=O)c3ccc(C)c(F)c3)C2)cc(=O)o1. The number of carbonyl (C=O) groups is 1. The summed E-state index contributed by atoms with van der Waals surface area (Å²) in [6, 6.07) is 7.34. The van der Waals surface area contributed by atoms with Gasteiger partial charge in [0.15, 0.2) is 0 Å². The lowest BCUT2D eigenvalue weighted by atomic mass is 10.1. The minimum atomic E-state index is -0.470. The van der Waals surface area contributed by atoms with Gasteiger partial charge in [0.2, 0.25) is 0 Å². The molecule has 23 heavy (non-hydrogen) atoms. The number of rotatable bonds is 3. The van der Waals surface area contributed by atoms with E-state index in [4.69, 9.17) is 9.15 Å². The molecule has 1 saturated heterocycles. The molecule has 1 aliphatic heterocycles. The second-order valence-electron chi connectivity index (χ2n) is 5.64. The summed E-state index contributed by atoms with van der Waals surface area (Å²) in [6.07, 6.45) is -0.185. The topological polar surface area (TPSA) is 59.8 Å². The highest BCUT2D eigenvalue weighted by atomic mass is 19.1. The van der Waals surface area contributed by atoms with Crippen LogP contribution in [0.25, 0.3) is 0 Å². The minimum absolute atomic E-state index is 0.185. The smallest absolute Gasteiger partial charge is 0.339 e. The van der Waals surface area contributed by atoms with Crippen LogP contribution in [0.3, 0.4) is 0 Å². The van der Waals surface area contributed by atoms with E-state index < -0.39 is 11.4 Å². The molecule has 3 rings (SSSR count). The van der Waals surface area contributed by atoms with Crippen LogP contribution in [-0.2, 0) is 0 Å². The Hall–Kier alpha value is -2.63. The van der Waals surface area contributed by atoms with Gasteiger partial charge in [-0.05, 0) is 31.5 Å². The Labute approximate surface area is 132 Å². The zero-order chi connectivity index (χ0) is 16.6. The number of likely N-dealkylation sites (tertiary alicyclic amines) is 1. The number of amides is 1. The van der Waals surface area contributed by atoms with Gasteiger partial charge in [-0.15, -0.1) is 0 Å². The third-order valence-electron chi connectivity index (χ3n) is 3.72. The van der Waals surface area contributed by atoms with Crippen molar-refractivity contribution in [1.29, 1.82) is 0 Å². The molecule has 1 fully saturated rings. The number of ether oxygens (including phenoxy) is 1. The van der Waals surface area contributed by atoms with E-state index in [2.05, 4.69) is 0 Å². The number of hydrogen-bond donors (Lipinski definition) is 0. The van der Waals surface area contributed by atoms with E-state index in [1.807, 2.05) is 0 Å². The van der Waals surface area contributed by atoms with Crippen LogP contribution in [0, 0.1) is 19.7 Å². The molecule has 1 aromatic carbocycles. The third-order valence-corrected chi connectivity index (χ3v) is 3.72. The average molecular weight is 317 g/mol. The van der Waals surface area contributed by atoms with Crippen molar-refractivity contribution >= 4 is 5.91 Å². The molecule has 1 amide bonds. The van der Waals surface area contributed by atoms with Crippen LogP contribution in [0.15, 0.2) is 39.5 Å². The van der Waals surface area contributed by atoms with Gasteiger partial charge in [-0.3, -0.25) is 4.79 Å². The monoisotopic (exact) mass is 317 g/mol. The normalized spacial score (nSPS) is 14.5. The summed E-state index contributed by atoms with van der Waals surface area (Å²) in [6.45, 7) is 4.10. The number of nitrogens with zero attached hydrogens (tertiary/aromatic N) is 1. The number of hydrogen-bond acceptors (Lipinski definition) is 4. The maximum absolute atomic E-state index is 13.5. The zero-order valence-corrected chi connectivity index (χ0v) is 12.8. The van der Waals surface area contributed by atoms with Crippen LogP contribution < -0.4 is 10.4 Å². The predicted octanol–water partition coefficient (Wildman–Crippen LogP) is 2.30. The molecule has 0 radical (unpaired) electrons. The Morgan fingerprint density at radius 1 is 1.26 bits per heavy atom. The van der Waals surface area contributed by atoms with Crippen molar-refractivity contribution < 1.29 is 18.3 Å². The highest BCUT2D eigenvalue weighted by Crippen LogP contribution is 2.20. The molecule has 2 heterocycles. The van der Waals surface area contributed by atoms with Gasteiger partial charge < -0.3 is 14.1 Å². The molecule has 0 aliphatic carbocycles. The van der Waals surface area contributed by atoms with Gasteiger partial charge in [-0.2, -0.15) is 0 Å². The van der Waals surface area contributed by atoms with Crippen molar-refractivity contribution in [3.05, 3.63) is 63.5 Å². The Balaban J connectivity index is 1.61. The highest BCUT2D eigenvalue weighted by Gasteiger charge is 2.33. The maximum Gasteiger partial charge on any atom is 0.339 e. The van der Waals surface area contributed by atoms with Crippen molar-refractivity contribution in [2.45, 2.75) is 20.0 Å². The second-order valence-corrected chi connectivity index (χ2v) is 5.64. The van der Waals surface area contributed by atoms with E-state index >= 15 is 0 Å². The maximum atomic E-state index is 13.5. The summed E-state index contributed by atoms with van der Waals surface area (Å²) in [7, 11) is 0. The van der Waals surface area contributed by atoms with E-state index in [9.17, 15) is 14.0 Å². The van der Waals surface area contributed by atoms with Crippen LogP contribution in [0.2, 0.25) is 0 Å². The van der Waals surface area contributed by atoms with Crippen LogP contribution in [0.5, 0.6) is 5.75 Å². The second kappa shape index (κ2) is 5.87. The number of carbonyl (C=O) groups excluding carboxylic acids is 1. The molecule has 0 N–H and O–H groups in total. The summed E-state index contributed by atoms with van der Waals surface area (Å²) in [5.74, 6) is 0.273. The highest BCUT2D eigenvalue weighted by molar-refractivity contribution is 5.94. The molecule has 0 spiro atoms. The summed E-state index contributed by atoms with van der Waals surface area (Å²) in [4.78, 5) is 25.1. The van der Waals surface area contributed by atoms with E-state index in [0.717, 1.165) is 0 Å². The lowest BCUT2D eigenvalue weighted by Crippen LogP contribution is -2.56. The Morgan fingerprint density at radius 3 is 2.65 bits per heavy atom. The van der Waals surface area contributed by atoms with Gasteiger partial charge in [-0.1, -0.05) is 6.07 Å². The number of benzene rings is 1. The van der Waals surface area contributed by atoms with Gasteiger partial charge in [-0.25, -0.2) is 9.18 Å². The van der Waals surface area contributed by atoms with Crippen LogP contribution >= 0.6 is 0 Å². The lowest BCUT2D eigenvalue weighted by molar-refractivity contribution is 0.0174. The fraction of sp³-hybridized carbons (Fsp3) is 0.294. The number of halogens is 1. The molecule has 0 saturated carbocycles. The molecular weight excluding hydrogens is 301 g/mol. The molecule has 5 nitrogen and oxygen atoms in total. The largest absolute Gasteiger partial charge is 0.486 e. The first-order chi connectivity index (χ1) is 10.9. The van der Waals surface area contributed by atoms with Crippen LogP contribution in [0.4, 0.5) is 4.39 Å². The summed E-state index contributed by atoms with van der Waals surface area (Å²) in [5.41, 5.74) is 0.356. The standard InChI is InChI=1S/C17H16FNO4/c1-10-3-4-12(6-15(10)18)17(21)19-8-14(9-19)23-13-5-11(2)22-16(20)7-13/h3-7,14H,8-9H2,1-2H3. The van der Waals surface area contributed by atoms with Crippen LogP contribution in [-0.4, -0.2) is 30.0 Å². The fourth-order valence-corrected chi connectivity index (χ4v) is 2.42. The quantitative estimate of drug-likeness (QED) is 0.871.